The third-order valence-corrected chi connectivity index (χ3v) is 0.548. The Morgan fingerprint density at radius 1 is 0.846 bits per heavy atom. The van der Waals surface area contributed by atoms with Crippen molar-refractivity contribution in [1.29, 1.82) is 0 Å². The van der Waals surface area contributed by atoms with Crippen LogP contribution >= 0.6 is 0 Å². The second-order valence-electron chi connectivity index (χ2n) is 0.966. The zero-order valence-corrected chi connectivity index (χ0v) is 8.17. The molecular formula is H2MnO10S2. The molecule has 0 spiro atoms. The van der Waals surface area contributed by atoms with Gasteiger partial charge < -0.3 is 9.11 Å². The summed E-state index contributed by atoms with van der Waals surface area (Å²) in [6.45, 7) is 0. The Bertz CT molecular complexity index is 249. The van der Waals surface area contributed by atoms with E-state index < -0.39 is 20.8 Å². The van der Waals surface area contributed by atoms with E-state index in [9.17, 15) is 0 Å². The molecular weight excluding hydrogens is 279 g/mol. The summed E-state index contributed by atoms with van der Waals surface area (Å²) in [6, 6.07) is 0. The third kappa shape index (κ3) is 33.1. The van der Waals surface area contributed by atoms with Crippen LogP contribution in [0.25, 0.3) is 0 Å². The molecule has 0 atom stereocenters. The van der Waals surface area contributed by atoms with Crippen molar-refractivity contribution in [3.63, 3.8) is 0 Å². The van der Waals surface area contributed by atoms with Gasteiger partial charge in [-0.3, -0.25) is 0 Å². The molecule has 0 aliphatic rings. The molecule has 0 aliphatic heterocycles. The maximum Gasteiger partial charge on any atom is 2.00 e. The largest absolute Gasteiger partial charge is 2.00 e. The molecule has 13 heteroatoms. The summed E-state index contributed by atoms with van der Waals surface area (Å²) in [4.78, 5) is 0. The summed E-state index contributed by atoms with van der Waals surface area (Å²) in [5.41, 5.74) is 0. The normalized spacial score (nSPS) is 10.8. The number of hydrogen-bond donors (Lipinski definition) is 2. The van der Waals surface area contributed by atoms with Gasteiger partial charge in [-0.2, -0.15) is 0 Å². The van der Waals surface area contributed by atoms with Crippen molar-refractivity contribution in [2.75, 3.05) is 0 Å². The van der Waals surface area contributed by atoms with Gasteiger partial charge in [-0.15, -0.1) is 8.67 Å². The van der Waals surface area contributed by atoms with Crippen LogP contribution in [0.3, 0.4) is 0 Å². The van der Waals surface area contributed by atoms with Crippen LogP contribution in [0.15, 0.2) is 0 Å². The van der Waals surface area contributed by atoms with Crippen molar-refractivity contribution in [3.05, 3.63) is 0 Å². The van der Waals surface area contributed by atoms with E-state index in [2.05, 4.69) is 8.67 Å². The Morgan fingerprint density at radius 3 is 0.923 bits per heavy atom. The second-order valence-corrected chi connectivity index (χ2v) is 2.90. The molecule has 1 radical (unpaired) electrons. The Balaban J connectivity index is -0.000000143. The summed E-state index contributed by atoms with van der Waals surface area (Å²) in [5.74, 6) is 0. The van der Waals surface area contributed by atoms with E-state index in [1.54, 1.807) is 0 Å². The molecule has 0 amide bonds. The van der Waals surface area contributed by atoms with E-state index in [0.29, 0.717) is 0 Å². The van der Waals surface area contributed by atoms with Crippen molar-refractivity contribution in [2.24, 2.45) is 0 Å². The van der Waals surface area contributed by atoms with E-state index >= 15 is 0 Å². The summed E-state index contributed by atoms with van der Waals surface area (Å²) in [5, 5.41) is 14.0. The first-order chi connectivity index (χ1) is 5.12. The van der Waals surface area contributed by atoms with E-state index in [4.69, 9.17) is 36.5 Å². The second kappa shape index (κ2) is 7.57. The molecule has 0 saturated carbocycles. The summed E-state index contributed by atoms with van der Waals surface area (Å²) in [7, 11) is -9.71. The van der Waals surface area contributed by atoms with Gasteiger partial charge in [0.05, 0.1) is 0 Å². The summed E-state index contributed by atoms with van der Waals surface area (Å²) < 4.78 is 58.5. The minimum Gasteiger partial charge on any atom is -0.724 e. The maximum atomic E-state index is 8.97. The van der Waals surface area contributed by atoms with E-state index in [1.165, 1.54) is 0 Å². The van der Waals surface area contributed by atoms with Crippen molar-refractivity contribution < 1.29 is 62.2 Å². The van der Waals surface area contributed by atoms with Gasteiger partial charge in [0.1, 0.15) is 0 Å². The molecule has 0 aromatic carbocycles. The van der Waals surface area contributed by atoms with Gasteiger partial charge in [0.15, 0.2) is 0 Å². The number of rotatable bonds is 2. The summed E-state index contributed by atoms with van der Waals surface area (Å²) >= 11 is 0. The molecule has 0 heterocycles. The molecule has 0 aromatic rings. The fraction of sp³-hybridized carbons (Fsp3) is 0. The minimum absolute atomic E-state index is 0. The van der Waals surface area contributed by atoms with Crippen molar-refractivity contribution in [2.45, 2.75) is 0 Å². The molecule has 0 unspecified atom stereocenters. The Morgan fingerprint density at radius 2 is 0.923 bits per heavy atom. The standard InChI is InChI=1S/Mn.2H2O5S/c;2*1-5-6(2,3)4/h;2*1H,(H,2,3,4)/q+2;;/p-2. The van der Waals surface area contributed by atoms with E-state index in [-0.39, 0.29) is 17.1 Å². The number of hydrogen-bond acceptors (Lipinski definition) is 10. The molecule has 0 rings (SSSR count). The first kappa shape index (κ1) is 18.9. The van der Waals surface area contributed by atoms with Gasteiger partial charge in [-0.1, -0.05) is 0 Å². The van der Waals surface area contributed by atoms with E-state index in [0.717, 1.165) is 0 Å². The maximum absolute atomic E-state index is 8.97. The molecule has 81 valence electrons. The first-order valence-corrected chi connectivity index (χ1v) is 4.37. The smallest absolute Gasteiger partial charge is 0.724 e. The van der Waals surface area contributed by atoms with Gasteiger partial charge >= 0.3 is 17.1 Å². The topological polar surface area (TPSA) is 173 Å². The monoisotopic (exact) mass is 281 g/mol. The van der Waals surface area contributed by atoms with Gasteiger partial charge in [-0.25, -0.2) is 27.4 Å². The Kier molecular flexibility index (Phi) is 11.0. The fourth-order valence-corrected chi connectivity index (χ4v) is 0. The van der Waals surface area contributed by atoms with E-state index in [1.807, 2.05) is 0 Å². The van der Waals surface area contributed by atoms with Crippen LogP contribution in [0.2, 0.25) is 0 Å². The predicted molar refractivity (Wildman–Crippen MR) is 26.8 cm³/mol. The third-order valence-electron chi connectivity index (χ3n) is 0.183. The van der Waals surface area contributed by atoms with Gasteiger partial charge in [0, 0.05) is 0 Å². The van der Waals surface area contributed by atoms with Crippen LogP contribution in [-0.4, -0.2) is 36.5 Å². The van der Waals surface area contributed by atoms with Gasteiger partial charge in [0.2, 0.25) is 20.8 Å². The molecule has 0 aliphatic carbocycles. The average molecular weight is 281 g/mol. The Hall–Kier alpha value is 0.179. The summed E-state index contributed by atoms with van der Waals surface area (Å²) in [6.07, 6.45) is 0. The molecule has 13 heavy (non-hydrogen) atoms. The van der Waals surface area contributed by atoms with Crippen LogP contribution in [-0.2, 0) is 46.5 Å². The van der Waals surface area contributed by atoms with Crippen LogP contribution in [0, 0.1) is 0 Å². The SMILES string of the molecule is O=S(=O)([O-])OO.O=S(=O)([O-])OO.[Mn+2]. The average Bonchev–Trinajstić information content (AvgIpc) is 1.86. The minimum atomic E-state index is -4.86. The molecule has 0 aromatic heterocycles. The molecule has 2 N–H and O–H groups in total. The van der Waals surface area contributed by atoms with Crippen molar-refractivity contribution in [1.82, 2.24) is 0 Å². The quantitative estimate of drug-likeness (QED) is 0.187. The zero-order chi connectivity index (χ0) is 10.4. The zero-order valence-electron chi connectivity index (χ0n) is 5.35. The van der Waals surface area contributed by atoms with Gasteiger partial charge in [0.25, 0.3) is 0 Å². The molecule has 10 nitrogen and oxygen atoms in total. The van der Waals surface area contributed by atoms with Gasteiger partial charge in [-0.05, 0) is 0 Å². The van der Waals surface area contributed by atoms with Crippen LogP contribution in [0.4, 0.5) is 0 Å². The van der Waals surface area contributed by atoms with Crippen LogP contribution in [0.5, 0.6) is 0 Å². The van der Waals surface area contributed by atoms with Crippen molar-refractivity contribution in [3.8, 4) is 0 Å². The Labute approximate surface area is 83.3 Å². The van der Waals surface area contributed by atoms with Crippen LogP contribution in [0.1, 0.15) is 0 Å². The molecule has 0 fully saturated rings. The molecule has 0 bridgehead atoms. The van der Waals surface area contributed by atoms with Crippen molar-refractivity contribution >= 4 is 20.8 Å². The van der Waals surface area contributed by atoms with Crippen LogP contribution < -0.4 is 0 Å². The fourth-order valence-electron chi connectivity index (χ4n) is 0. The molecule has 0 saturated heterocycles. The predicted octanol–water partition coefficient (Wildman–Crippen LogP) is -2.13. The first-order valence-electron chi connectivity index (χ1n) is 1.70.